The number of amides is 2. The molecule has 0 aromatic heterocycles. The van der Waals surface area contributed by atoms with Crippen LogP contribution in [-0.2, 0) is 19.6 Å². The smallest absolute Gasteiger partial charge is 0.243 e. The fourth-order valence-corrected chi connectivity index (χ4v) is 5.30. The second kappa shape index (κ2) is 10.4. The maximum atomic E-state index is 12.8. The summed E-state index contributed by atoms with van der Waals surface area (Å²) < 4.78 is 38.3. The number of aryl methyl sites for hydroxylation is 1. The highest BCUT2D eigenvalue weighted by Crippen LogP contribution is 2.32. The standard InChI is InChI=1S/C24H29N3O6S/c1-18-3-6-20(7-4-18)34(30,31)27-13-11-26(12-14-27)24(29)10-9-23(28)25-19-5-8-21-22(17-19)33-16-2-15-32-21/h3-8,17H,2,9-16H2,1H3,(H,25,28). The summed E-state index contributed by atoms with van der Waals surface area (Å²) in [6.45, 7) is 4.10. The number of piperazine rings is 1. The van der Waals surface area contributed by atoms with Gasteiger partial charge in [0, 0.05) is 57.2 Å². The van der Waals surface area contributed by atoms with E-state index in [0.29, 0.717) is 43.5 Å². The Morgan fingerprint density at radius 3 is 2.29 bits per heavy atom. The highest BCUT2D eigenvalue weighted by atomic mass is 32.2. The summed E-state index contributed by atoms with van der Waals surface area (Å²) in [6, 6.07) is 11.9. The van der Waals surface area contributed by atoms with Gasteiger partial charge in [0.1, 0.15) is 0 Å². The van der Waals surface area contributed by atoms with Crippen molar-refractivity contribution in [2.45, 2.75) is 31.1 Å². The quantitative estimate of drug-likeness (QED) is 0.671. The predicted molar refractivity (Wildman–Crippen MR) is 126 cm³/mol. The highest BCUT2D eigenvalue weighted by Gasteiger charge is 2.30. The number of anilines is 1. The van der Waals surface area contributed by atoms with Crippen molar-refractivity contribution in [3.8, 4) is 11.5 Å². The molecule has 10 heteroatoms. The molecule has 0 radical (unpaired) electrons. The van der Waals surface area contributed by atoms with E-state index in [1.807, 2.05) is 6.92 Å². The molecular weight excluding hydrogens is 458 g/mol. The van der Waals surface area contributed by atoms with Crippen LogP contribution >= 0.6 is 0 Å². The molecule has 182 valence electrons. The van der Waals surface area contributed by atoms with Crippen molar-refractivity contribution < 1.29 is 27.5 Å². The van der Waals surface area contributed by atoms with Crippen LogP contribution in [0.15, 0.2) is 47.4 Å². The third-order valence-electron chi connectivity index (χ3n) is 5.85. The summed E-state index contributed by atoms with van der Waals surface area (Å²) in [6.07, 6.45) is 0.890. The molecule has 0 saturated carbocycles. The number of benzene rings is 2. The number of hydrogen-bond donors (Lipinski definition) is 1. The molecule has 0 bridgehead atoms. The van der Waals surface area contributed by atoms with Crippen LogP contribution in [0.25, 0.3) is 0 Å². The topological polar surface area (TPSA) is 105 Å². The van der Waals surface area contributed by atoms with E-state index in [0.717, 1.165) is 12.0 Å². The number of carbonyl (C=O) groups is 2. The fourth-order valence-electron chi connectivity index (χ4n) is 3.88. The van der Waals surface area contributed by atoms with Crippen molar-refractivity contribution in [2.75, 3.05) is 44.7 Å². The Bertz CT molecular complexity index is 1140. The first-order valence-electron chi connectivity index (χ1n) is 11.4. The molecule has 2 aromatic carbocycles. The average Bonchev–Trinajstić information content (AvgIpc) is 3.08. The van der Waals surface area contributed by atoms with E-state index < -0.39 is 10.0 Å². The number of ether oxygens (including phenoxy) is 2. The summed E-state index contributed by atoms with van der Waals surface area (Å²) in [4.78, 5) is 26.8. The molecule has 2 aromatic rings. The maximum Gasteiger partial charge on any atom is 0.243 e. The lowest BCUT2D eigenvalue weighted by atomic mass is 10.2. The van der Waals surface area contributed by atoms with Crippen molar-refractivity contribution >= 4 is 27.5 Å². The maximum absolute atomic E-state index is 12.8. The van der Waals surface area contributed by atoms with Crippen molar-refractivity contribution in [2.24, 2.45) is 0 Å². The number of nitrogens with zero attached hydrogens (tertiary/aromatic N) is 2. The van der Waals surface area contributed by atoms with E-state index >= 15 is 0 Å². The zero-order valence-corrected chi connectivity index (χ0v) is 20.0. The molecule has 2 aliphatic rings. The zero-order valence-electron chi connectivity index (χ0n) is 19.2. The van der Waals surface area contributed by atoms with Gasteiger partial charge >= 0.3 is 0 Å². The molecule has 9 nitrogen and oxygen atoms in total. The average molecular weight is 488 g/mol. The van der Waals surface area contributed by atoms with Crippen molar-refractivity contribution in [1.29, 1.82) is 0 Å². The molecule has 2 heterocycles. The largest absolute Gasteiger partial charge is 0.490 e. The second-order valence-corrected chi connectivity index (χ2v) is 10.3. The minimum absolute atomic E-state index is 0.0369. The van der Waals surface area contributed by atoms with Gasteiger partial charge in [-0.15, -0.1) is 0 Å². The number of nitrogens with one attached hydrogen (secondary N) is 1. The van der Waals surface area contributed by atoms with Crippen molar-refractivity contribution in [3.05, 3.63) is 48.0 Å². The van der Waals surface area contributed by atoms with E-state index in [9.17, 15) is 18.0 Å². The first-order chi connectivity index (χ1) is 16.3. The Balaban J connectivity index is 1.24. The van der Waals surface area contributed by atoms with Gasteiger partial charge in [-0.1, -0.05) is 17.7 Å². The van der Waals surface area contributed by atoms with Crippen LogP contribution in [-0.4, -0.2) is 68.8 Å². The molecular formula is C24H29N3O6S. The van der Waals surface area contributed by atoms with Crippen molar-refractivity contribution in [1.82, 2.24) is 9.21 Å². The predicted octanol–water partition coefficient (Wildman–Crippen LogP) is 2.41. The Labute approximate surface area is 199 Å². The number of carbonyl (C=O) groups excluding carboxylic acids is 2. The van der Waals surface area contributed by atoms with Gasteiger partial charge in [0.2, 0.25) is 21.8 Å². The second-order valence-electron chi connectivity index (χ2n) is 8.36. The number of hydrogen-bond acceptors (Lipinski definition) is 6. The molecule has 34 heavy (non-hydrogen) atoms. The Kier molecular flexibility index (Phi) is 7.38. The first kappa shape index (κ1) is 24.0. The lowest BCUT2D eigenvalue weighted by Crippen LogP contribution is -2.50. The highest BCUT2D eigenvalue weighted by molar-refractivity contribution is 7.89. The molecule has 0 unspecified atom stereocenters. The van der Waals surface area contributed by atoms with Gasteiger partial charge in [-0.2, -0.15) is 4.31 Å². The molecule has 4 rings (SSSR count). The Hall–Kier alpha value is -3.11. The summed E-state index contributed by atoms with van der Waals surface area (Å²) in [7, 11) is -3.59. The SMILES string of the molecule is Cc1ccc(S(=O)(=O)N2CCN(C(=O)CCC(=O)Nc3ccc4c(c3)OCCCO4)CC2)cc1. The summed E-state index contributed by atoms with van der Waals surface area (Å²) in [5.41, 5.74) is 1.57. The summed E-state index contributed by atoms with van der Waals surface area (Å²) in [5.74, 6) is 0.795. The monoisotopic (exact) mass is 487 g/mol. The van der Waals surface area contributed by atoms with Gasteiger partial charge in [0.05, 0.1) is 18.1 Å². The van der Waals surface area contributed by atoms with Crippen LogP contribution in [0, 0.1) is 6.92 Å². The van der Waals surface area contributed by atoms with E-state index in [2.05, 4.69) is 5.32 Å². The molecule has 2 aliphatic heterocycles. The third-order valence-corrected chi connectivity index (χ3v) is 7.76. The zero-order chi connectivity index (χ0) is 24.1. The van der Waals surface area contributed by atoms with Crippen LogP contribution in [0.5, 0.6) is 11.5 Å². The van der Waals surface area contributed by atoms with Gasteiger partial charge in [0.25, 0.3) is 0 Å². The van der Waals surface area contributed by atoms with Gasteiger partial charge in [-0.3, -0.25) is 9.59 Å². The van der Waals surface area contributed by atoms with E-state index in [4.69, 9.17) is 9.47 Å². The van der Waals surface area contributed by atoms with Crippen molar-refractivity contribution in [3.63, 3.8) is 0 Å². The van der Waals surface area contributed by atoms with Gasteiger partial charge < -0.3 is 19.7 Å². The number of sulfonamides is 1. The third kappa shape index (κ3) is 5.68. The molecule has 1 saturated heterocycles. The van der Waals surface area contributed by atoms with Crippen LogP contribution in [0.4, 0.5) is 5.69 Å². The van der Waals surface area contributed by atoms with Crippen LogP contribution < -0.4 is 14.8 Å². The van der Waals surface area contributed by atoms with Crippen LogP contribution in [0.3, 0.4) is 0 Å². The molecule has 1 fully saturated rings. The molecule has 0 spiro atoms. The van der Waals surface area contributed by atoms with Gasteiger partial charge in [0.15, 0.2) is 11.5 Å². The van der Waals surface area contributed by atoms with Gasteiger partial charge in [-0.25, -0.2) is 8.42 Å². The summed E-state index contributed by atoms with van der Waals surface area (Å²) >= 11 is 0. The summed E-state index contributed by atoms with van der Waals surface area (Å²) in [5, 5.41) is 2.79. The lowest BCUT2D eigenvalue weighted by molar-refractivity contribution is -0.133. The Morgan fingerprint density at radius 1 is 0.912 bits per heavy atom. The lowest BCUT2D eigenvalue weighted by Gasteiger charge is -2.34. The minimum atomic E-state index is -3.59. The van der Waals surface area contributed by atoms with Gasteiger partial charge in [-0.05, 0) is 31.2 Å². The number of rotatable bonds is 6. The van der Waals surface area contributed by atoms with E-state index in [1.54, 1.807) is 47.4 Å². The molecule has 0 atom stereocenters. The fraction of sp³-hybridized carbons (Fsp3) is 0.417. The molecule has 0 aliphatic carbocycles. The normalized spacial score (nSPS) is 16.6. The van der Waals surface area contributed by atoms with E-state index in [1.165, 1.54) is 4.31 Å². The molecule has 1 N–H and O–H groups in total. The van der Waals surface area contributed by atoms with Crippen LogP contribution in [0.1, 0.15) is 24.8 Å². The molecule has 2 amide bonds. The Morgan fingerprint density at radius 2 is 1.59 bits per heavy atom. The van der Waals surface area contributed by atoms with Crippen LogP contribution in [0.2, 0.25) is 0 Å². The first-order valence-corrected chi connectivity index (χ1v) is 12.8. The minimum Gasteiger partial charge on any atom is -0.490 e. The number of fused-ring (bicyclic) bond motifs is 1. The van der Waals surface area contributed by atoms with E-state index in [-0.39, 0.29) is 42.6 Å².